The SMILES string of the molecule is O=C(Cn1cnc2ccccc21)NN=Cc1ccsc1. The summed E-state index contributed by atoms with van der Waals surface area (Å²) in [5, 5.41) is 7.84. The molecule has 2 aromatic heterocycles. The predicted molar refractivity (Wildman–Crippen MR) is 79.8 cm³/mol. The van der Waals surface area contributed by atoms with Crippen molar-refractivity contribution in [1.29, 1.82) is 0 Å². The molecule has 5 nitrogen and oxygen atoms in total. The second-order valence-electron chi connectivity index (χ2n) is 4.21. The smallest absolute Gasteiger partial charge is 0.260 e. The van der Waals surface area contributed by atoms with E-state index < -0.39 is 0 Å². The minimum absolute atomic E-state index is 0.181. The van der Waals surface area contributed by atoms with E-state index >= 15 is 0 Å². The Bertz CT molecular complexity index is 745. The van der Waals surface area contributed by atoms with E-state index in [9.17, 15) is 4.79 Å². The summed E-state index contributed by atoms with van der Waals surface area (Å²) in [5.74, 6) is -0.181. The quantitative estimate of drug-likeness (QED) is 0.590. The highest BCUT2D eigenvalue weighted by Gasteiger charge is 2.05. The number of thiophene rings is 1. The zero-order chi connectivity index (χ0) is 13.8. The van der Waals surface area contributed by atoms with Gasteiger partial charge in [0.25, 0.3) is 5.91 Å². The van der Waals surface area contributed by atoms with E-state index in [4.69, 9.17) is 0 Å². The zero-order valence-electron chi connectivity index (χ0n) is 10.6. The summed E-state index contributed by atoms with van der Waals surface area (Å²) in [6.45, 7) is 0.196. The first kappa shape index (κ1) is 12.6. The van der Waals surface area contributed by atoms with Gasteiger partial charge in [0.2, 0.25) is 0 Å². The molecule has 3 aromatic rings. The number of hydrazone groups is 1. The molecule has 0 aliphatic heterocycles. The Balaban J connectivity index is 1.64. The minimum atomic E-state index is -0.181. The number of carbonyl (C=O) groups is 1. The van der Waals surface area contributed by atoms with Crippen LogP contribution < -0.4 is 5.43 Å². The van der Waals surface area contributed by atoms with Crippen molar-refractivity contribution in [2.75, 3.05) is 0 Å². The molecule has 2 heterocycles. The number of benzene rings is 1. The van der Waals surface area contributed by atoms with Crippen LogP contribution in [0.3, 0.4) is 0 Å². The molecular weight excluding hydrogens is 272 g/mol. The third-order valence-electron chi connectivity index (χ3n) is 2.79. The molecule has 1 N–H and O–H groups in total. The molecule has 0 aliphatic carbocycles. The van der Waals surface area contributed by atoms with E-state index in [0.717, 1.165) is 16.6 Å². The average molecular weight is 284 g/mol. The van der Waals surface area contributed by atoms with Gasteiger partial charge in [-0.1, -0.05) is 12.1 Å². The number of amides is 1. The molecular formula is C14H12N4OS. The van der Waals surface area contributed by atoms with Gasteiger partial charge in [0.1, 0.15) is 6.54 Å². The van der Waals surface area contributed by atoms with Crippen LogP contribution in [0.4, 0.5) is 0 Å². The number of hydrogen-bond donors (Lipinski definition) is 1. The number of aromatic nitrogens is 2. The maximum absolute atomic E-state index is 11.8. The Hall–Kier alpha value is -2.47. The summed E-state index contributed by atoms with van der Waals surface area (Å²) in [5.41, 5.74) is 5.30. The van der Waals surface area contributed by atoms with Gasteiger partial charge in [-0.25, -0.2) is 10.4 Å². The van der Waals surface area contributed by atoms with E-state index in [1.54, 1.807) is 28.4 Å². The lowest BCUT2D eigenvalue weighted by molar-refractivity contribution is -0.121. The third kappa shape index (κ3) is 2.75. The average Bonchev–Trinajstić information content (AvgIpc) is 3.09. The number of rotatable bonds is 4. The minimum Gasteiger partial charge on any atom is -0.321 e. The number of para-hydroxylation sites is 2. The zero-order valence-corrected chi connectivity index (χ0v) is 11.4. The lowest BCUT2D eigenvalue weighted by atomic mass is 10.3. The van der Waals surface area contributed by atoms with E-state index in [2.05, 4.69) is 15.5 Å². The second-order valence-corrected chi connectivity index (χ2v) is 4.99. The van der Waals surface area contributed by atoms with Gasteiger partial charge in [0.05, 0.1) is 23.6 Å². The van der Waals surface area contributed by atoms with Crippen molar-refractivity contribution in [2.24, 2.45) is 5.10 Å². The first-order chi connectivity index (χ1) is 9.83. The largest absolute Gasteiger partial charge is 0.321 e. The van der Waals surface area contributed by atoms with Crippen molar-refractivity contribution in [3.8, 4) is 0 Å². The number of nitrogens with zero attached hydrogens (tertiary/aromatic N) is 3. The number of nitrogens with one attached hydrogen (secondary N) is 1. The van der Waals surface area contributed by atoms with Gasteiger partial charge in [-0.15, -0.1) is 0 Å². The predicted octanol–water partition coefficient (Wildman–Crippen LogP) is 2.25. The van der Waals surface area contributed by atoms with Gasteiger partial charge in [-0.2, -0.15) is 16.4 Å². The van der Waals surface area contributed by atoms with Gasteiger partial charge >= 0.3 is 0 Å². The van der Waals surface area contributed by atoms with Crippen LogP contribution in [0.5, 0.6) is 0 Å². The van der Waals surface area contributed by atoms with Gasteiger partial charge < -0.3 is 4.57 Å². The molecule has 0 fully saturated rings. The van der Waals surface area contributed by atoms with Crippen molar-refractivity contribution < 1.29 is 4.79 Å². The number of imidazole rings is 1. The summed E-state index contributed by atoms with van der Waals surface area (Å²) in [6, 6.07) is 9.63. The Labute approximate surface area is 119 Å². The third-order valence-corrected chi connectivity index (χ3v) is 3.49. The molecule has 1 aromatic carbocycles. The molecule has 0 spiro atoms. The van der Waals surface area contributed by atoms with Crippen LogP contribution in [0.2, 0.25) is 0 Å². The van der Waals surface area contributed by atoms with E-state index in [-0.39, 0.29) is 12.5 Å². The maximum Gasteiger partial charge on any atom is 0.260 e. The maximum atomic E-state index is 11.8. The first-order valence-electron chi connectivity index (χ1n) is 6.07. The standard InChI is InChI=1S/C14H12N4OS/c19-14(17-16-7-11-5-6-20-9-11)8-18-10-15-12-3-1-2-4-13(12)18/h1-7,9-10H,8H2,(H,17,19). The molecule has 0 atom stereocenters. The van der Waals surface area contributed by atoms with Crippen LogP contribution in [-0.2, 0) is 11.3 Å². The lowest BCUT2D eigenvalue weighted by Gasteiger charge is -2.02. The number of fused-ring (bicyclic) bond motifs is 1. The van der Waals surface area contributed by atoms with Gasteiger partial charge in [0, 0.05) is 5.56 Å². The molecule has 6 heteroatoms. The lowest BCUT2D eigenvalue weighted by Crippen LogP contribution is -2.22. The fourth-order valence-electron chi connectivity index (χ4n) is 1.85. The number of carbonyl (C=O) groups excluding carboxylic acids is 1. The highest BCUT2D eigenvalue weighted by Crippen LogP contribution is 2.11. The van der Waals surface area contributed by atoms with Gasteiger partial charge in [0.15, 0.2) is 0 Å². The highest BCUT2D eigenvalue weighted by molar-refractivity contribution is 7.08. The normalized spacial score (nSPS) is 11.2. The molecule has 20 heavy (non-hydrogen) atoms. The fraction of sp³-hybridized carbons (Fsp3) is 0.0714. The Morgan fingerprint density at radius 1 is 1.40 bits per heavy atom. The topological polar surface area (TPSA) is 59.3 Å². The molecule has 0 saturated heterocycles. The van der Waals surface area contributed by atoms with Crippen LogP contribution in [-0.4, -0.2) is 21.7 Å². The van der Waals surface area contributed by atoms with Crippen LogP contribution in [0.1, 0.15) is 5.56 Å². The molecule has 0 unspecified atom stereocenters. The van der Waals surface area contributed by atoms with Gasteiger partial charge in [-0.3, -0.25) is 4.79 Å². The van der Waals surface area contributed by atoms with Crippen LogP contribution in [0.15, 0.2) is 52.5 Å². The Morgan fingerprint density at radius 2 is 2.30 bits per heavy atom. The molecule has 3 rings (SSSR count). The fourth-order valence-corrected chi connectivity index (χ4v) is 2.46. The van der Waals surface area contributed by atoms with Crippen LogP contribution in [0.25, 0.3) is 11.0 Å². The van der Waals surface area contributed by atoms with Crippen molar-refractivity contribution in [3.05, 3.63) is 53.0 Å². The van der Waals surface area contributed by atoms with Gasteiger partial charge in [-0.05, 0) is 29.0 Å². The van der Waals surface area contributed by atoms with Crippen molar-refractivity contribution in [3.63, 3.8) is 0 Å². The molecule has 0 saturated carbocycles. The van der Waals surface area contributed by atoms with Crippen LogP contribution in [0, 0.1) is 0 Å². The highest BCUT2D eigenvalue weighted by atomic mass is 32.1. The first-order valence-corrected chi connectivity index (χ1v) is 7.01. The Morgan fingerprint density at radius 3 is 3.15 bits per heavy atom. The molecule has 1 amide bonds. The number of hydrogen-bond acceptors (Lipinski definition) is 4. The summed E-state index contributed by atoms with van der Waals surface area (Å²) in [7, 11) is 0. The summed E-state index contributed by atoms with van der Waals surface area (Å²) < 4.78 is 1.80. The monoisotopic (exact) mass is 284 g/mol. The second kappa shape index (κ2) is 5.66. The van der Waals surface area contributed by atoms with E-state index in [1.807, 2.05) is 41.1 Å². The van der Waals surface area contributed by atoms with Crippen molar-refractivity contribution >= 4 is 34.5 Å². The van der Waals surface area contributed by atoms with E-state index in [0.29, 0.717) is 0 Å². The summed E-state index contributed by atoms with van der Waals surface area (Å²) in [6.07, 6.45) is 3.28. The molecule has 100 valence electrons. The summed E-state index contributed by atoms with van der Waals surface area (Å²) in [4.78, 5) is 16.1. The molecule has 0 radical (unpaired) electrons. The summed E-state index contributed by atoms with van der Waals surface area (Å²) >= 11 is 1.59. The van der Waals surface area contributed by atoms with E-state index in [1.165, 1.54) is 0 Å². The van der Waals surface area contributed by atoms with Crippen molar-refractivity contribution in [1.82, 2.24) is 15.0 Å². The molecule has 0 aliphatic rings. The van der Waals surface area contributed by atoms with Crippen LogP contribution >= 0.6 is 11.3 Å². The Kier molecular flexibility index (Phi) is 3.56. The van der Waals surface area contributed by atoms with Crippen molar-refractivity contribution in [2.45, 2.75) is 6.54 Å². The molecule has 0 bridgehead atoms.